The van der Waals surface area contributed by atoms with E-state index in [1.165, 1.54) is 19.1 Å². The molecule has 1 aromatic heterocycles. The topological polar surface area (TPSA) is 75.0 Å². The highest BCUT2D eigenvalue weighted by Gasteiger charge is 2.29. The molecule has 1 atom stereocenters. The SMILES string of the molecule is CN(C(N)=NCC(C)(O)c1ccco1)C1CC1. The van der Waals surface area contributed by atoms with E-state index in [0.29, 0.717) is 17.8 Å². The minimum atomic E-state index is -1.11. The van der Waals surface area contributed by atoms with Gasteiger partial charge in [-0.1, -0.05) is 0 Å². The Labute approximate surface area is 101 Å². The van der Waals surface area contributed by atoms with E-state index in [0.717, 1.165) is 0 Å². The quantitative estimate of drug-likeness (QED) is 0.602. The molecular formula is C12H19N3O2. The van der Waals surface area contributed by atoms with Crippen molar-refractivity contribution in [3.8, 4) is 0 Å². The van der Waals surface area contributed by atoms with E-state index in [2.05, 4.69) is 4.99 Å². The van der Waals surface area contributed by atoms with E-state index in [-0.39, 0.29) is 6.54 Å². The second-order valence-electron chi connectivity index (χ2n) is 4.77. The Morgan fingerprint density at radius 3 is 2.94 bits per heavy atom. The molecule has 2 rings (SSSR count). The lowest BCUT2D eigenvalue weighted by Gasteiger charge is -2.21. The Morgan fingerprint density at radius 1 is 1.71 bits per heavy atom. The van der Waals surface area contributed by atoms with Gasteiger partial charge in [-0.3, -0.25) is 0 Å². The molecule has 0 spiro atoms. The highest BCUT2D eigenvalue weighted by Crippen LogP contribution is 2.25. The molecule has 1 aromatic rings. The van der Waals surface area contributed by atoms with Crippen LogP contribution >= 0.6 is 0 Å². The van der Waals surface area contributed by atoms with E-state index in [9.17, 15) is 5.11 Å². The van der Waals surface area contributed by atoms with Gasteiger partial charge in [0.05, 0.1) is 12.8 Å². The van der Waals surface area contributed by atoms with Crippen LogP contribution in [0.1, 0.15) is 25.5 Å². The van der Waals surface area contributed by atoms with Crippen molar-refractivity contribution in [2.45, 2.75) is 31.4 Å². The normalized spacial score (nSPS) is 20.1. The summed E-state index contributed by atoms with van der Waals surface area (Å²) < 4.78 is 5.18. The first kappa shape index (κ1) is 12.0. The minimum Gasteiger partial charge on any atom is -0.466 e. The summed E-state index contributed by atoms with van der Waals surface area (Å²) in [7, 11) is 1.93. The van der Waals surface area contributed by atoms with Gasteiger partial charge in [-0.15, -0.1) is 0 Å². The van der Waals surface area contributed by atoms with Crippen molar-refractivity contribution in [1.82, 2.24) is 4.90 Å². The van der Waals surface area contributed by atoms with Gasteiger partial charge in [0.1, 0.15) is 11.4 Å². The third kappa shape index (κ3) is 2.79. The Hall–Kier alpha value is -1.49. The summed E-state index contributed by atoms with van der Waals surface area (Å²) in [5.41, 5.74) is 4.74. The van der Waals surface area contributed by atoms with E-state index in [4.69, 9.17) is 10.2 Å². The molecule has 17 heavy (non-hydrogen) atoms. The highest BCUT2D eigenvalue weighted by atomic mass is 16.4. The largest absolute Gasteiger partial charge is 0.466 e. The maximum atomic E-state index is 10.2. The Balaban J connectivity index is 1.98. The molecular weight excluding hydrogens is 218 g/mol. The predicted molar refractivity (Wildman–Crippen MR) is 65.6 cm³/mol. The second kappa shape index (κ2) is 4.41. The molecule has 0 radical (unpaired) electrons. The van der Waals surface area contributed by atoms with Gasteiger partial charge < -0.3 is 20.2 Å². The number of rotatable bonds is 4. The molecule has 1 saturated carbocycles. The fourth-order valence-electron chi connectivity index (χ4n) is 1.66. The molecule has 5 nitrogen and oxygen atoms in total. The van der Waals surface area contributed by atoms with E-state index >= 15 is 0 Å². The van der Waals surface area contributed by atoms with Crippen LogP contribution in [0.4, 0.5) is 0 Å². The van der Waals surface area contributed by atoms with Crippen molar-refractivity contribution >= 4 is 5.96 Å². The van der Waals surface area contributed by atoms with Crippen LogP contribution < -0.4 is 5.73 Å². The maximum absolute atomic E-state index is 10.2. The highest BCUT2D eigenvalue weighted by molar-refractivity contribution is 5.78. The van der Waals surface area contributed by atoms with Gasteiger partial charge in [-0.25, -0.2) is 4.99 Å². The van der Waals surface area contributed by atoms with Gasteiger partial charge in [-0.05, 0) is 31.9 Å². The molecule has 94 valence electrons. The van der Waals surface area contributed by atoms with E-state index in [1.54, 1.807) is 19.1 Å². The van der Waals surface area contributed by atoms with Crippen molar-refractivity contribution in [2.75, 3.05) is 13.6 Å². The number of guanidine groups is 1. The Kier molecular flexibility index (Phi) is 3.11. The van der Waals surface area contributed by atoms with Crippen molar-refractivity contribution in [2.24, 2.45) is 10.7 Å². The molecule has 0 amide bonds. The first-order valence-electron chi connectivity index (χ1n) is 5.80. The standard InChI is InChI=1S/C12H19N3O2/c1-12(16,10-4-3-7-17-10)8-14-11(13)15(2)9-5-6-9/h3-4,7,9,16H,5-6,8H2,1-2H3,(H2,13,14). The van der Waals surface area contributed by atoms with Crippen LogP contribution in [0.3, 0.4) is 0 Å². The van der Waals surface area contributed by atoms with Gasteiger partial charge in [0.2, 0.25) is 0 Å². The van der Waals surface area contributed by atoms with Crippen molar-refractivity contribution in [3.05, 3.63) is 24.2 Å². The average Bonchev–Trinajstić information content (AvgIpc) is 2.99. The van der Waals surface area contributed by atoms with Gasteiger partial charge in [0, 0.05) is 13.1 Å². The summed E-state index contributed by atoms with van der Waals surface area (Å²) in [6.45, 7) is 1.86. The molecule has 0 aromatic carbocycles. The van der Waals surface area contributed by atoms with Crippen molar-refractivity contribution < 1.29 is 9.52 Å². The van der Waals surface area contributed by atoms with Gasteiger partial charge >= 0.3 is 0 Å². The molecule has 1 heterocycles. The number of nitrogens with zero attached hydrogens (tertiary/aromatic N) is 2. The summed E-state index contributed by atoms with van der Waals surface area (Å²) in [6.07, 6.45) is 3.87. The lowest BCUT2D eigenvalue weighted by atomic mass is 10.0. The second-order valence-corrected chi connectivity index (χ2v) is 4.77. The monoisotopic (exact) mass is 237 g/mol. The molecule has 1 aliphatic rings. The fourth-order valence-corrected chi connectivity index (χ4v) is 1.66. The predicted octanol–water partition coefficient (Wildman–Crippen LogP) is 0.896. The van der Waals surface area contributed by atoms with Crippen LogP contribution in [-0.4, -0.2) is 35.6 Å². The molecule has 1 aliphatic carbocycles. The summed E-state index contributed by atoms with van der Waals surface area (Å²) in [5.74, 6) is 0.974. The molecule has 0 bridgehead atoms. The zero-order valence-electron chi connectivity index (χ0n) is 10.3. The summed E-state index contributed by atoms with van der Waals surface area (Å²) in [5, 5.41) is 10.2. The van der Waals surface area contributed by atoms with Crippen molar-refractivity contribution in [1.29, 1.82) is 0 Å². The lowest BCUT2D eigenvalue weighted by molar-refractivity contribution is 0.0435. The number of hydrogen-bond donors (Lipinski definition) is 2. The fraction of sp³-hybridized carbons (Fsp3) is 0.583. The Morgan fingerprint density at radius 2 is 2.41 bits per heavy atom. The first-order valence-corrected chi connectivity index (χ1v) is 5.80. The zero-order chi connectivity index (χ0) is 12.5. The number of hydrogen-bond acceptors (Lipinski definition) is 3. The average molecular weight is 237 g/mol. The molecule has 0 aliphatic heterocycles. The molecule has 0 saturated heterocycles. The van der Waals surface area contributed by atoms with Crippen LogP contribution in [0, 0.1) is 0 Å². The van der Waals surface area contributed by atoms with E-state index < -0.39 is 5.60 Å². The number of furan rings is 1. The third-order valence-corrected chi connectivity index (χ3v) is 3.06. The zero-order valence-corrected chi connectivity index (χ0v) is 10.3. The summed E-state index contributed by atoms with van der Waals surface area (Å²) >= 11 is 0. The summed E-state index contributed by atoms with van der Waals surface area (Å²) in [6, 6.07) is 4.00. The first-order chi connectivity index (χ1) is 8.00. The van der Waals surface area contributed by atoms with Crippen LogP contribution in [0.2, 0.25) is 0 Å². The molecule has 1 unspecified atom stereocenters. The van der Waals surface area contributed by atoms with Crippen LogP contribution in [0.5, 0.6) is 0 Å². The third-order valence-electron chi connectivity index (χ3n) is 3.06. The van der Waals surface area contributed by atoms with Crippen molar-refractivity contribution in [3.63, 3.8) is 0 Å². The smallest absolute Gasteiger partial charge is 0.191 e. The van der Waals surface area contributed by atoms with Crippen LogP contribution in [0.25, 0.3) is 0 Å². The lowest BCUT2D eigenvalue weighted by Crippen LogP contribution is -2.37. The maximum Gasteiger partial charge on any atom is 0.191 e. The summed E-state index contributed by atoms with van der Waals surface area (Å²) in [4.78, 5) is 6.18. The number of aliphatic imine (C=N–C) groups is 1. The Bertz CT molecular complexity index is 394. The minimum absolute atomic E-state index is 0.198. The van der Waals surface area contributed by atoms with Crippen LogP contribution in [-0.2, 0) is 5.60 Å². The molecule has 1 fully saturated rings. The van der Waals surface area contributed by atoms with E-state index in [1.807, 2.05) is 11.9 Å². The van der Waals surface area contributed by atoms with Gasteiger partial charge in [0.15, 0.2) is 5.96 Å². The molecule has 5 heteroatoms. The molecule has 3 N–H and O–H groups in total. The van der Waals surface area contributed by atoms with Crippen LogP contribution in [0.15, 0.2) is 27.8 Å². The van der Waals surface area contributed by atoms with Gasteiger partial charge in [0.25, 0.3) is 0 Å². The number of nitrogens with two attached hydrogens (primary N) is 1. The number of aliphatic hydroxyl groups is 1. The van der Waals surface area contributed by atoms with Gasteiger partial charge in [-0.2, -0.15) is 0 Å².